The number of aryl methyl sites for hydroxylation is 2. The summed E-state index contributed by atoms with van der Waals surface area (Å²) in [4.78, 5) is 14.5. The maximum absolute atomic E-state index is 11.8. The minimum atomic E-state index is -0.192. The second kappa shape index (κ2) is 4.06. The molecule has 0 aliphatic carbocycles. The van der Waals surface area contributed by atoms with Crippen molar-refractivity contribution in [3.63, 3.8) is 0 Å². The van der Waals surface area contributed by atoms with E-state index < -0.39 is 0 Å². The monoisotopic (exact) mass is 232 g/mol. The SMILES string of the molecule is Cc1cc(C)cc(-n2cc[nH]c(=S)c2=O)c1. The molecule has 1 N–H and O–H groups in total. The fourth-order valence-corrected chi connectivity index (χ4v) is 1.89. The van der Waals surface area contributed by atoms with E-state index in [2.05, 4.69) is 11.1 Å². The van der Waals surface area contributed by atoms with Crippen LogP contribution in [0.1, 0.15) is 11.1 Å². The van der Waals surface area contributed by atoms with Gasteiger partial charge in [-0.3, -0.25) is 9.36 Å². The van der Waals surface area contributed by atoms with E-state index in [0.717, 1.165) is 16.8 Å². The lowest BCUT2D eigenvalue weighted by Crippen LogP contribution is -2.18. The van der Waals surface area contributed by atoms with E-state index in [0.29, 0.717) is 0 Å². The van der Waals surface area contributed by atoms with Gasteiger partial charge in [0.25, 0.3) is 5.56 Å². The number of nitrogens with zero attached hydrogens (tertiary/aromatic N) is 1. The van der Waals surface area contributed by atoms with Crippen LogP contribution in [0.15, 0.2) is 35.4 Å². The maximum Gasteiger partial charge on any atom is 0.290 e. The van der Waals surface area contributed by atoms with Crippen molar-refractivity contribution < 1.29 is 0 Å². The molecule has 2 aromatic rings. The van der Waals surface area contributed by atoms with Gasteiger partial charge in [-0.2, -0.15) is 0 Å². The van der Waals surface area contributed by atoms with E-state index in [4.69, 9.17) is 12.2 Å². The number of aromatic amines is 1. The van der Waals surface area contributed by atoms with Crippen LogP contribution in [-0.2, 0) is 0 Å². The Morgan fingerprint density at radius 2 is 1.81 bits per heavy atom. The molecule has 0 fully saturated rings. The Morgan fingerprint density at radius 1 is 1.19 bits per heavy atom. The second-order valence-electron chi connectivity index (χ2n) is 3.81. The Bertz CT molecular complexity index is 620. The Hall–Kier alpha value is -1.68. The van der Waals surface area contributed by atoms with Gasteiger partial charge in [-0.15, -0.1) is 0 Å². The van der Waals surface area contributed by atoms with Gasteiger partial charge >= 0.3 is 0 Å². The summed E-state index contributed by atoms with van der Waals surface area (Å²) in [5.41, 5.74) is 2.91. The van der Waals surface area contributed by atoms with Crippen LogP contribution in [-0.4, -0.2) is 9.55 Å². The third-order valence-corrected chi connectivity index (χ3v) is 2.63. The molecule has 0 amide bonds. The van der Waals surface area contributed by atoms with Gasteiger partial charge in [-0.1, -0.05) is 18.3 Å². The predicted octanol–water partition coefficient (Wildman–Crippen LogP) is 2.51. The Balaban J connectivity index is 2.73. The predicted molar refractivity (Wildman–Crippen MR) is 66.7 cm³/mol. The van der Waals surface area contributed by atoms with Crippen LogP contribution < -0.4 is 5.56 Å². The molecule has 0 bridgehead atoms. The number of aromatic nitrogens is 2. The molecule has 1 aromatic carbocycles. The van der Waals surface area contributed by atoms with Crippen LogP contribution in [0.3, 0.4) is 0 Å². The minimum absolute atomic E-state index is 0.192. The lowest BCUT2D eigenvalue weighted by atomic mass is 10.1. The van der Waals surface area contributed by atoms with E-state index in [-0.39, 0.29) is 10.2 Å². The van der Waals surface area contributed by atoms with E-state index in [1.54, 1.807) is 17.0 Å². The molecule has 1 heterocycles. The van der Waals surface area contributed by atoms with E-state index >= 15 is 0 Å². The zero-order valence-corrected chi connectivity index (χ0v) is 9.97. The average Bonchev–Trinajstić information content (AvgIpc) is 2.20. The quantitative estimate of drug-likeness (QED) is 0.767. The van der Waals surface area contributed by atoms with Crippen molar-refractivity contribution in [3.8, 4) is 5.69 Å². The third-order valence-electron chi connectivity index (χ3n) is 2.34. The second-order valence-corrected chi connectivity index (χ2v) is 4.22. The molecule has 1 aromatic heterocycles. The van der Waals surface area contributed by atoms with Crippen LogP contribution >= 0.6 is 12.2 Å². The molecule has 0 saturated heterocycles. The lowest BCUT2D eigenvalue weighted by molar-refractivity contribution is 0.942. The molecule has 0 unspecified atom stereocenters. The first kappa shape index (κ1) is 10.8. The Morgan fingerprint density at radius 3 is 2.44 bits per heavy atom. The molecule has 2 rings (SSSR count). The average molecular weight is 232 g/mol. The van der Waals surface area contributed by atoms with Crippen molar-refractivity contribution >= 4 is 12.2 Å². The van der Waals surface area contributed by atoms with Gasteiger partial charge in [0.05, 0.1) is 0 Å². The van der Waals surface area contributed by atoms with Crippen molar-refractivity contribution in [3.05, 3.63) is 56.7 Å². The van der Waals surface area contributed by atoms with Crippen molar-refractivity contribution in [2.75, 3.05) is 0 Å². The van der Waals surface area contributed by atoms with Gasteiger partial charge in [0.1, 0.15) is 0 Å². The molecular weight excluding hydrogens is 220 g/mol. The van der Waals surface area contributed by atoms with Gasteiger partial charge in [0.2, 0.25) is 0 Å². The highest BCUT2D eigenvalue weighted by Gasteiger charge is 2.01. The summed E-state index contributed by atoms with van der Waals surface area (Å²) in [6, 6.07) is 5.99. The van der Waals surface area contributed by atoms with Crippen molar-refractivity contribution in [2.24, 2.45) is 0 Å². The molecule has 0 atom stereocenters. The molecule has 82 valence electrons. The summed E-state index contributed by atoms with van der Waals surface area (Å²) in [5, 5.41) is 0. The highest BCUT2D eigenvalue weighted by molar-refractivity contribution is 7.71. The Labute approximate surface area is 98.4 Å². The zero-order valence-electron chi connectivity index (χ0n) is 9.15. The number of hydrogen-bond donors (Lipinski definition) is 1. The first-order valence-corrected chi connectivity index (χ1v) is 5.38. The Kier molecular flexibility index (Phi) is 2.75. The summed E-state index contributed by atoms with van der Waals surface area (Å²) in [7, 11) is 0. The van der Waals surface area contributed by atoms with Crippen LogP contribution in [0.2, 0.25) is 0 Å². The van der Waals surface area contributed by atoms with Crippen LogP contribution in [0.25, 0.3) is 5.69 Å². The first-order chi connectivity index (χ1) is 7.58. The van der Waals surface area contributed by atoms with Crippen molar-refractivity contribution in [2.45, 2.75) is 13.8 Å². The molecule has 0 saturated carbocycles. The highest BCUT2D eigenvalue weighted by atomic mass is 32.1. The van der Waals surface area contributed by atoms with Crippen LogP contribution in [0.5, 0.6) is 0 Å². The van der Waals surface area contributed by atoms with E-state index in [1.165, 1.54) is 0 Å². The topological polar surface area (TPSA) is 37.8 Å². The van der Waals surface area contributed by atoms with Gasteiger partial charge < -0.3 is 4.98 Å². The summed E-state index contributed by atoms with van der Waals surface area (Å²) in [6.07, 6.45) is 3.35. The van der Waals surface area contributed by atoms with Crippen molar-refractivity contribution in [1.82, 2.24) is 9.55 Å². The van der Waals surface area contributed by atoms with E-state index in [1.807, 2.05) is 26.0 Å². The largest absolute Gasteiger partial charge is 0.347 e. The summed E-state index contributed by atoms with van der Waals surface area (Å²) >= 11 is 4.92. The normalized spacial score (nSPS) is 10.4. The van der Waals surface area contributed by atoms with E-state index in [9.17, 15) is 4.79 Å². The molecule has 16 heavy (non-hydrogen) atoms. The highest BCUT2D eigenvalue weighted by Crippen LogP contribution is 2.11. The zero-order chi connectivity index (χ0) is 11.7. The molecule has 0 spiro atoms. The maximum atomic E-state index is 11.8. The fourth-order valence-electron chi connectivity index (χ4n) is 1.72. The molecule has 4 heteroatoms. The number of rotatable bonds is 1. The molecule has 0 radical (unpaired) electrons. The van der Waals surface area contributed by atoms with Gasteiger partial charge in [-0.25, -0.2) is 0 Å². The van der Waals surface area contributed by atoms with Gasteiger partial charge in [0.15, 0.2) is 4.64 Å². The van der Waals surface area contributed by atoms with Crippen molar-refractivity contribution in [1.29, 1.82) is 0 Å². The number of H-pyrrole nitrogens is 1. The summed E-state index contributed by atoms with van der Waals surface area (Å²) < 4.78 is 1.78. The fraction of sp³-hybridized carbons (Fsp3) is 0.167. The molecular formula is C12H12N2OS. The van der Waals surface area contributed by atoms with Crippen LogP contribution in [0, 0.1) is 18.5 Å². The first-order valence-electron chi connectivity index (χ1n) is 4.97. The molecule has 3 nitrogen and oxygen atoms in total. The number of benzene rings is 1. The lowest BCUT2D eigenvalue weighted by Gasteiger charge is -2.07. The van der Waals surface area contributed by atoms with Crippen LogP contribution in [0.4, 0.5) is 0 Å². The summed E-state index contributed by atoms with van der Waals surface area (Å²) in [6.45, 7) is 4.01. The number of hydrogen-bond acceptors (Lipinski definition) is 2. The minimum Gasteiger partial charge on any atom is -0.347 e. The summed E-state index contributed by atoms with van der Waals surface area (Å²) in [5.74, 6) is 0. The molecule has 0 aliphatic heterocycles. The number of nitrogens with one attached hydrogen (secondary N) is 1. The smallest absolute Gasteiger partial charge is 0.290 e. The standard InChI is InChI=1S/C12H12N2OS/c1-8-5-9(2)7-10(6-8)14-4-3-13-11(16)12(14)15/h3-7H,1-2H3,(H,13,16). The van der Waals surface area contributed by atoms with Gasteiger partial charge in [0, 0.05) is 18.1 Å². The van der Waals surface area contributed by atoms with Gasteiger partial charge in [-0.05, 0) is 37.1 Å². The third kappa shape index (κ3) is 1.97. The molecule has 0 aliphatic rings.